The second-order valence-electron chi connectivity index (χ2n) is 14.1. The van der Waals surface area contributed by atoms with Gasteiger partial charge in [0.1, 0.15) is 12.0 Å². The molecular weight excluding hydrogens is 663 g/mol. The van der Waals surface area contributed by atoms with Crippen LogP contribution in [0.4, 0.5) is 0 Å². The average molecular weight is 698 g/mol. The van der Waals surface area contributed by atoms with Gasteiger partial charge in [-0.1, -0.05) is 115 Å². The number of aryl methyl sites for hydroxylation is 1. The van der Waals surface area contributed by atoms with E-state index in [9.17, 15) is 0 Å². The molecule has 2 aromatic heterocycles. The van der Waals surface area contributed by atoms with E-state index in [0.717, 1.165) is 57.7 Å². The number of allylic oxidation sites excluding steroid dienone is 2. The van der Waals surface area contributed by atoms with Crippen LogP contribution in [0.3, 0.4) is 0 Å². The molecule has 0 amide bonds. The summed E-state index contributed by atoms with van der Waals surface area (Å²) in [6.45, 7) is 0. The summed E-state index contributed by atoms with van der Waals surface area (Å²) in [6.07, 6.45) is 9.70. The van der Waals surface area contributed by atoms with Gasteiger partial charge in [-0.15, -0.1) is 0 Å². The fourth-order valence-electron chi connectivity index (χ4n) is 8.38. The molecule has 0 saturated heterocycles. The molecule has 258 valence electrons. The molecule has 8 aromatic rings. The number of fused-ring (bicyclic) bond motifs is 7. The molecule has 0 fully saturated rings. The van der Waals surface area contributed by atoms with Gasteiger partial charge in [0, 0.05) is 39.0 Å². The van der Waals surface area contributed by atoms with Crippen molar-refractivity contribution in [3.63, 3.8) is 0 Å². The lowest BCUT2D eigenvalue weighted by atomic mass is 9.94. The molecule has 2 aliphatic heterocycles. The summed E-state index contributed by atoms with van der Waals surface area (Å²) in [6, 6.07) is 49.6. The Kier molecular flexibility index (Phi) is 6.98. The van der Waals surface area contributed by atoms with Crippen molar-refractivity contribution in [1.29, 1.82) is 0 Å². The molecule has 2 N–H and O–H groups in total. The van der Waals surface area contributed by atoms with E-state index in [0.29, 0.717) is 5.84 Å². The lowest BCUT2D eigenvalue weighted by Gasteiger charge is -2.28. The molecule has 7 nitrogen and oxygen atoms in total. The molecule has 2 unspecified atom stereocenters. The average Bonchev–Trinajstić information content (AvgIpc) is 3.75. The van der Waals surface area contributed by atoms with E-state index < -0.39 is 6.29 Å². The first-order valence-corrected chi connectivity index (χ1v) is 18.6. The Morgan fingerprint density at radius 2 is 1.37 bits per heavy atom. The van der Waals surface area contributed by atoms with Gasteiger partial charge in [0.05, 0.1) is 27.8 Å². The van der Waals surface area contributed by atoms with Crippen LogP contribution in [0.1, 0.15) is 41.1 Å². The topological polar surface area (TPSA) is 71.0 Å². The van der Waals surface area contributed by atoms with Crippen LogP contribution in [0.25, 0.3) is 55.4 Å². The number of aliphatic imine (C=N–C) groups is 3. The molecule has 11 rings (SSSR count). The molecule has 0 saturated carbocycles. The Labute approximate surface area is 312 Å². The Hall–Kier alpha value is -6.99. The summed E-state index contributed by atoms with van der Waals surface area (Å²) in [5.74, 6) is 1.43. The van der Waals surface area contributed by atoms with Crippen LogP contribution in [0.2, 0.25) is 0 Å². The van der Waals surface area contributed by atoms with Crippen molar-refractivity contribution in [2.45, 2.75) is 25.3 Å². The summed E-state index contributed by atoms with van der Waals surface area (Å²) in [5, 5.41) is 12.2. The second-order valence-corrected chi connectivity index (χ2v) is 14.1. The van der Waals surface area contributed by atoms with Gasteiger partial charge in [-0.3, -0.25) is 0 Å². The standard InChI is InChI=1S/C47H35N7/c1-3-14-31(15-4-1)44-50-45(33-24-23-30-13-7-8-16-32(30)27-33)52-46(51-44)39-25-26-48-47(49-39)54-41-22-12-10-20-36(41)38-28-37-35-19-9-11-21-40(35)53(42(37)29-43(38)54)34-17-5-2-6-18-34/h1-7,9-15,17-29,45,47,49H,8,16H2,(H,50,51,52). The fourth-order valence-corrected chi connectivity index (χ4v) is 8.38. The predicted molar refractivity (Wildman–Crippen MR) is 223 cm³/mol. The smallest absolute Gasteiger partial charge is 0.200 e. The monoisotopic (exact) mass is 697 g/mol. The predicted octanol–water partition coefficient (Wildman–Crippen LogP) is 10.0. The highest BCUT2D eigenvalue weighted by Crippen LogP contribution is 2.40. The molecule has 0 spiro atoms. The minimum Gasteiger partial charge on any atom is -0.344 e. The number of benzene rings is 6. The van der Waals surface area contributed by atoms with Crippen molar-refractivity contribution in [3.05, 3.63) is 180 Å². The van der Waals surface area contributed by atoms with Crippen molar-refractivity contribution in [3.8, 4) is 5.69 Å². The lowest BCUT2D eigenvalue weighted by Crippen LogP contribution is -2.37. The van der Waals surface area contributed by atoms with E-state index in [1.54, 1.807) is 0 Å². The van der Waals surface area contributed by atoms with Crippen molar-refractivity contribution in [2.75, 3.05) is 0 Å². The van der Waals surface area contributed by atoms with Gasteiger partial charge >= 0.3 is 0 Å². The first kappa shape index (κ1) is 30.6. The van der Waals surface area contributed by atoms with Gasteiger partial charge in [0.25, 0.3) is 0 Å². The SMILES string of the molecule is C1=Cc2ccc(C3N=C(C4=CC=NC(n5c6ccccc6c6cc7c8ccccc8n(-c8ccccc8)c7cc65)N4)N=C(c4ccccc4)N3)cc2CC1. The molecule has 1 aliphatic carbocycles. The number of hydrogen-bond acceptors (Lipinski definition) is 5. The van der Waals surface area contributed by atoms with Crippen molar-refractivity contribution in [2.24, 2.45) is 15.0 Å². The number of nitrogens with one attached hydrogen (secondary N) is 2. The number of para-hydroxylation sites is 3. The van der Waals surface area contributed by atoms with Crippen LogP contribution in [0.5, 0.6) is 0 Å². The number of aromatic nitrogens is 2. The molecule has 4 heterocycles. The Balaban J connectivity index is 1.05. The van der Waals surface area contributed by atoms with E-state index in [-0.39, 0.29) is 6.17 Å². The minimum absolute atomic E-state index is 0.301. The third-order valence-corrected chi connectivity index (χ3v) is 10.9. The summed E-state index contributed by atoms with van der Waals surface area (Å²) >= 11 is 0. The van der Waals surface area contributed by atoms with Gasteiger partial charge in [-0.2, -0.15) is 0 Å². The maximum Gasteiger partial charge on any atom is 0.200 e. The largest absolute Gasteiger partial charge is 0.344 e. The first-order chi connectivity index (χ1) is 26.8. The van der Waals surface area contributed by atoms with Crippen molar-refractivity contribution >= 4 is 67.6 Å². The maximum absolute atomic E-state index is 5.25. The highest BCUT2D eigenvalue weighted by Gasteiger charge is 2.27. The molecule has 6 aromatic carbocycles. The molecule has 0 radical (unpaired) electrons. The quantitative estimate of drug-likeness (QED) is 0.188. The van der Waals surface area contributed by atoms with E-state index in [1.807, 2.05) is 30.5 Å². The second kappa shape index (κ2) is 12.3. The molecule has 3 aliphatic rings. The molecule has 54 heavy (non-hydrogen) atoms. The fraction of sp³-hybridized carbons (Fsp3) is 0.0851. The molecular formula is C47H35N7. The van der Waals surface area contributed by atoms with Gasteiger partial charge in [0.15, 0.2) is 5.84 Å². The third kappa shape index (κ3) is 4.93. The van der Waals surface area contributed by atoms with Crippen LogP contribution in [-0.4, -0.2) is 27.0 Å². The normalized spacial score (nSPS) is 18.0. The van der Waals surface area contributed by atoms with Gasteiger partial charge in [0.2, 0.25) is 6.29 Å². The zero-order valence-electron chi connectivity index (χ0n) is 29.4. The Morgan fingerprint density at radius 1 is 0.630 bits per heavy atom. The van der Waals surface area contributed by atoms with Gasteiger partial charge in [-0.05, 0) is 72.0 Å². The number of rotatable bonds is 5. The number of hydrogen-bond donors (Lipinski definition) is 2. The van der Waals surface area contributed by atoms with Crippen LogP contribution >= 0.6 is 0 Å². The first-order valence-electron chi connectivity index (χ1n) is 18.6. The summed E-state index contributed by atoms with van der Waals surface area (Å²) in [4.78, 5) is 15.4. The summed E-state index contributed by atoms with van der Waals surface area (Å²) in [5.41, 5.74) is 11.3. The van der Waals surface area contributed by atoms with Gasteiger partial charge < -0.3 is 19.8 Å². The van der Waals surface area contributed by atoms with Crippen molar-refractivity contribution in [1.82, 2.24) is 19.8 Å². The summed E-state index contributed by atoms with van der Waals surface area (Å²) < 4.78 is 4.69. The highest BCUT2D eigenvalue weighted by atomic mass is 15.3. The van der Waals surface area contributed by atoms with Crippen molar-refractivity contribution < 1.29 is 0 Å². The zero-order valence-corrected chi connectivity index (χ0v) is 29.4. The zero-order chi connectivity index (χ0) is 35.6. The number of nitrogens with zero attached hydrogens (tertiary/aromatic N) is 5. The van der Waals surface area contributed by atoms with Crippen LogP contribution in [-0.2, 0) is 6.42 Å². The third-order valence-electron chi connectivity index (χ3n) is 10.9. The molecule has 7 heteroatoms. The summed E-state index contributed by atoms with van der Waals surface area (Å²) in [7, 11) is 0. The van der Waals surface area contributed by atoms with Crippen LogP contribution in [0, 0.1) is 0 Å². The molecule has 0 bridgehead atoms. The Bertz CT molecular complexity index is 2940. The van der Waals surface area contributed by atoms with E-state index >= 15 is 0 Å². The highest BCUT2D eigenvalue weighted by molar-refractivity contribution is 6.19. The Morgan fingerprint density at radius 3 is 2.22 bits per heavy atom. The van der Waals surface area contributed by atoms with E-state index in [1.165, 1.54) is 38.2 Å². The van der Waals surface area contributed by atoms with Crippen LogP contribution in [0.15, 0.2) is 172 Å². The maximum atomic E-state index is 5.25. The van der Waals surface area contributed by atoms with E-state index in [4.69, 9.17) is 15.0 Å². The molecule has 2 atom stereocenters. The lowest BCUT2D eigenvalue weighted by molar-refractivity contribution is 0.491. The minimum atomic E-state index is -0.429. The number of amidine groups is 2. The van der Waals surface area contributed by atoms with Gasteiger partial charge in [-0.25, -0.2) is 15.0 Å². The van der Waals surface area contributed by atoms with Crippen LogP contribution < -0.4 is 10.6 Å². The van der Waals surface area contributed by atoms with E-state index in [2.05, 4.69) is 153 Å².